The molecule has 4 aromatic rings. The number of halogens is 1. The zero-order valence-corrected chi connectivity index (χ0v) is 17.8. The SMILES string of the molecule is COc1ccc(Nc2ncnc3ccc(-c4cccc(S(C)(=O)=O)c4)cc23)cc1Cl. The Balaban J connectivity index is 1.77. The Hall–Kier alpha value is -3.16. The van der Waals surface area contributed by atoms with Gasteiger partial charge in [-0.3, -0.25) is 0 Å². The van der Waals surface area contributed by atoms with Gasteiger partial charge in [0.05, 0.1) is 22.5 Å². The van der Waals surface area contributed by atoms with Crippen LogP contribution in [0.2, 0.25) is 5.02 Å². The average Bonchev–Trinajstić information content (AvgIpc) is 2.73. The lowest BCUT2D eigenvalue weighted by Gasteiger charge is -2.11. The first kappa shape index (κ1) is 20.1. The van der Waals surface area contributed by atoms with E-state index in [2.05, 4.69) is 15.3 Å². The first-order valence-electron chi connectivity index (χ1n) is 9.01. The van der Waals surface area contributed by atoms with Crippen LogP contribution in [0.3, 0.4) is 0 Å². The summed E-state index contributed by atoms with van der Waals surface area (Å²) in [5, 5.41) is 4.55. The first-order valence-corrected chi connectivity index (χ1v) is 11.3. The van der Waals surface area contributed by atoms with Crippen molar-refractivity contribution in [2.45, 2.75) is 4.90 Å². The number of benzene rings is 3. The summed E-state index contributed by atoms with van der Waals surface area (Å²) >= 11 is 6.22. The maximum atomic E-state index is 11.9. The van der Waals surface area contributed by atoms with Crippen molar-refractivity contribution in [3.05, 3.63) is 72.0 Å². The van der Waals surface area contributed by atoms with Crippen LogP contribution in [0.5, 0.6) is 5.75 Å². The molecule has 6 nitrogen and oxygen atoms in total. The molecule has 4 rings (SSSR count). The number of hydrogen-bond acceptors (Lipinski definition) is 6. The summed E-state index contributed by atoms with van der Waals surface area (Å²) in [7, 11) is -1.73. The Morgan fingerprint density at radius 1 is 0.967 bits per heavy atom. The molecule has 0 amide bonds. The second kappa shape index (κ2) is 7.93. The number of rotatable bonds is 5. The van der Waals surface area contributed by atoms with Crippen LogP contribution in [-0.2, 0) is 9.84 Å². The Morgan fingerprint density at radius 2 is 1.77 bits per heavy atom. The van der Waals surface area contributed by atoms with Crippen LogP contribution in [0.1, 0.15) is 0 Å². The van der Waals surface area contributed by atoms with E-state index in [1.165, 1.54) is 12.6 Å². The number of ether oxygens (including phenoxy) is 1. The van der Waals surface area contributed by atoms with Gasteiger partial charge in [0.2, 0.25) is 0 Å². The van der Waals surface area contributed by atoms with Gasteiger partial charge in [-0.05, 0) is 53.6 Å². The third-order valence-corrected chi connectivity index (χ3v) is 6.05. The number of hydrogen-bond donors (Lipinski definition) is 1. The van der Waals surface area contributed by atoms with Crippen molar-refractivity contribution in [2.24, 2.45) is 0 Å². The number of sulfone groups is 1. The van der Waals surface area contributed by atoms with Crippen molar-refractivity contribution in [3.8, 4) is 16.9 Å². The fraction of sp³-hybridized carbons (Fsp3) is 0.0909. The second-order valence-corrected chi connectivity index (χ2v) is 9.15. The molecule has 0 spiro atoms. The predicted octanol–water partition coefficient (Wildman–Crippen LogP) is 5.11. The van der Waals surface area contributed by atoms with E-state index < -0.39 is 9.84 Å². The number of nitrogens with zero attached hydrogens (tertiary/aromatic N) is 2. The van der Waals surface area contributed by atoms with Crippen molar-refractivity contribution >= 4 is 43.8 Å². The molecule has 0 saturated heterocycles. The van der Waals surface area contributed by atoms with Crippen LogP contribution in [0.25, 0.3) is 22.0 Å². The predicted molar refractivity (Wildman–Crippen MR) is 119 cm³/mol. The number of anilines is 2. The largest absolute Gasteiger partial charge is 0.495 e. The average molecular weight is 440 g/mol. The van der Waals surface area contributed by atoms with Gasteiger partial charge in [-0.15, -0.1) is 0 Å². The summed E-state index contributed by atoms with van der Waals surface area (Å²) in [5.41, 5.74) is 3.17. The normalized spacial score (nSPS) is 11.4. The van der Waals surface area contributed by atoms with Gasteiger partial charge < -0.3 is 10.1 Å². The summed E-state index contributed by atoms with van der Waals surface area (Å²) in [6.07, 6.45) is 2.68. The lowest BCUT2D eigenvalue weighted by atomic mass is 10.0. The van der Waals surface area contributed by atoms with Crippen molar-refractivity contribution < 1.29 is 13.2 Å². The van der Waals surface area contributed by atoms with Gasteiger partial charge in [-0.25, -0.2) is 18.4 Å². The molecule has 1 aromatic heterocycles. The molecule has 1 N–H and O–H groups in total. The first-order chi connectivity index (χ1) is 14.3. The van der Waals surface area contributed by atoms with E-state index in [0.29, 0.717) is 16.6 Å². The van der Waals surface area contributed by atoms with Gasteiger partial charge in [0.15, 0.2) is 9.84 Å². The highest BCUT2D eigenvalue weighted by Crippen LogP contribution is 2.32. The summed E-state index contributed by atoms with van der Waals surface area (Å²) in [6, 6.07) is 18.0. The highest BCUT2D eigenvalue weighted by Gasteiger charge is 2.11. The molecule has 0 radical (unpaired) electrons. The lowest BCUT2D eigenvalue weighted by Crippen LogP contribution is -1.98. The zero-order valence-electron chi connectivity index (χ0n) is 16.3. The maximum Gasteiger partial charge on any atom is 0.175 e. The van der Waals surface area contributed by atoms with Crippen molar-refractivity contribution in [3.63, 3.8) is 0 Å². The van der Waals surface area contributed by atoms with E-state index in [-0.39, 0.29) is 4.90 Å². The van der Waals surface area contributed by atoms with Gasteiger partial charge in [0.1, 0.15) is 17.9 Å². The van der Waals surface area contributed by atoms with Gasteiger partial charge in [0.25, 0.3) is 0 Å². The third kappa shape index (κ3) is 4.08. The maximum absolute atomic E-state index is 11.9. The third-order valence-electron chi connectivity index (χ3n) is 4.65. The molecule has 152 valence electrons. The standard InChI is InChI=1S/C22H18ClN3O3S/c1-29-21-9-7-16(12-19(21)23)26-22-18-11-15(6-8-20(18)24-13-25-22)14-4-3-5-17(10-14)30(2,27)28/h3-13H,1-2H3,(H,24,25,26). The minimum Gasteiger partial charge on any atom is -0.495 e. The molecular weight excluding hydrogens is 422 g/mol. The number of nitrogens with one attached hydrogen (secondary N) is 1. The van der Waals surface area contributed by atoms with Crippen LogP contribution in [0, 0.1) is 0 Å². The molecule has 0 fully saturated rings. The highest BCUT2D eigenvalue weighted by molar-refractivity contribution is 7.90. The smallest absolute Gasteiger partial charge is 0.175 e. The van der Waals surface area contributed by atoms with Crippen molar-refractivity contribution in [1.82, 2.24) is 9.97 Å². The van der Waals surface area contributed by atoms with E-state index in [1.807, 2.05) is 30.3 Å². The van der Waals surface area contributed by atoms with E-state index in [0.717, 1.165) is 27.7 Å². The van der Waals surface area contributed by atoms with Gasteiger partial charge in [0, 0.05) is 17.3 Å². The molecule has 3 aromatic carbocycles. The molecule has 0 aliphatic rings. The minimum atomic E-state index is -3.29. The molecule has 8 heteroatoms. The van der Waals surface area contributed by atoms with Gasteiger partial charge >= 0.3 is 0 Å². The monoisotopic (exact) mass is 439 g/mol. The topological polar surface area (TPSA) is 81.2 Å². The number of methoxy groups -OCH3 is 1. The fourth-order valence-electron chi connectivity index (χ4n) is 3.12. The Labute approximate surface area is 179 Å². The van der Waals surface area contributed by atoms with Crippen LogP contribution < -0.4 is 10.1 Å². The Morgan fingerprint density at radius 3 is 2.50 bits per heavy atom. The van der Waals surface area contributed by atoms with Crippen molar-refractivity contribution in [2.75, 3.05) is 18.7 Å². The molecule has 1 heterocycles. The molecule has 0 atom stereocenters. The molecule has 0 aliphatic carbocycles. The fourth-order valence-corrected chi connectivity index (χ4v) is 4.05. The highest BCUT2D eigenvalue weighted by atomic mass is 35.5. The van der Waals surface area contributed by atoms with E-state index in [1.54, 1.807) is 37.4 Å². The summed E-state index contributed by atoms with van der Waals surface area (Å²) < 4.78 is 29.0. The molecule has 30 heavy (non-hydrogen) atoms. The molecule has 0 unspecified atom stereocenters. The van der Waals surface area contributed by atoms with Crippen LogP contribution >= 0.6 is 11.6 Å². The van der Waals surface area contributed by atoms with E-state index >= 15 is 0 Å². The number of aromatic nitrogens is 2. The molecular formula is C22H18ClN3O3S. The minimum absolute atomic E-state index is 0.274. The summed E-state index contributed by atoms with van der Waals surface area (Å²) in [5.74, 6) is 1.20. The van der Waals surface area contributed by atoms with E-state index in [9.17, 15) is 8.42 Å². The van der Waals surface area contributed by atoms with E-state index in [4.69, 9.17) is 16.3 Å². The Bertz CT molecular complexity index is 1360. The van der Waals surface area contributed by atoms with Crippen LogP contribution in [-0.4, -0.2) is 31.8 Å². The molecule has 0 saturated carbocycles. The number of fused-ring (bicyclic) bond motifs is 1. The summed E-state index contributed by atoms with van der Waals surface area (Å²) in [6.45, 7) is 0. The van der Waals surface area contributed by atoms with Gasteiger partial charge in [-0.1, -0.05) is 29.8 Å². The van der Waals surface area contributed by atoms with Crippen LogP contribution in [0.15, 0.2) is 71.9 Å². The van der Waals surface area contributed by atoms with Crippen molar-refractivity contribution in [1.29, 1.82) is 0 Å². The molecule has 0 aliphatic heterocycles. The molecule has 0 bridgehead atoms. The van der Waals surface area contributed by atoms with Gasteiger partial charge in [-0.2, -0.15) is 0 Å². The van der Waals surface area contributed by atoms with Crippen LogP contribution in [0.4, 0.5) is 11.5 Å². The lowest BCUT2D eigenvalue weighted by molar-refractivity contribution is 0.415. The Kier molecular flexibility index (Phi) is 5.32. The quantitative estimate of drug-likeness (QED) is 0.465. The summed E-state index contributed by atoms with van der Waals surface area (Å²) in [4.78, 5) is 8.97. The second-order valence-electron chi connectivity index (χ2n) is 6.73. The zero-order chi connectivity index (χ0) is 21.3.